The first-order valence-electron chi connectivity index (χ1n) is 43.1. The van der Waals surface area contributed by atoms with Crippen molar-refractivity contribution in [1.29, 1.82) is 0 Å². The molecule has 0 unspecified atom stereocenters. The highest BCUT2D eigenvalue weighted by Crippen LogP contribution is 2.37. The molecule has 46 heteroatoms. The molecule has 0 bridgehead atoms. The first-order chi connectivity index (χ1) is 67.9. The molecular formula is C99H88Cl5F12N17O12. The van der Waals surface area contributed by atoms with Gasteiger partial charge in [-0.15, -0.1) is 0 Å². The molecular weight excluding hydrogens is 2020 g/mol. The predicted molar refractivity (Wildman–Crippen MR) is 514 cm³/mol. The zero-order valence-electron chi connectivity index (χ0n) is 79.6. The van der Waals surface area contributed by atoms with Crippen LogP contribution >= 0.6 is 58.0 Å². The van der Waals surface area contributed by atoms with Gasteiger partial charge in [0, 0.05) is 156 Å². The minimum atomic E-state index is -1.14. The minimum Gasteiger partial charge on any atom is -0.485 e. The first kappa shape index (κ1) is 110. The number of hydrogen-bond acceptors (Lipinski definition) is 21. The lowest BCUT2D eigenvalue weighted by Gasteiger charge is -2.18. The predicted octanol–water partition coefficient (Wildman–Crippen LogP) is 19.9. The van der Waals surface area contributed by atoms with Crippen molar-refractivity contribution in [3.05, 3.63) is 392 Å². The molecule has 29 nitrogen and oxygen atoms in total. The average Bonchev–Trinajstić information content (AvgIpc) is 1.76. The van der Waals surface area contributed by atoms with E-state index in [1.165, 1.54) is 69.7 Å². The molecule has 0 saturated carbocycles. The molecule has 0 aliphatic heterocycles. The van der Waals surface area contributed by atoms with Crippen LogP contribution < -0.4 is 41.2 Å². The number of nitrogens with one attached hydrogen (secondary N) is 1. The highest BCUT2D eigenvalue weighted by atomic mass is 35.5. The third kappa shape index (κ3) is 24.9. The van der Waals surface area contributed by atoms with Crippen molar-refractivity contribution < 1.29 is 92.1 Å². The van der Waals surface area contributed by atoms with E-state index in [2.05, 4.69) is 50.1 Å². The molecule has 16 aromatic rings. The van der Waals surface area contributed by atoms with Crippen molar-refractivity contribution in [2.24, 2.45) is 0 Å². The molecule has 0 aromatic carbocycles. The fourth-order valence-corrected chi connectivity index (χ4v) is 15.1. The molecule has 760 valence electrons. The number of pyridine rings is 12. The van der Waals surface area contributed by atoms with E-state index in [0.717, 1.165) is 48.7 Å². The summed E-state index contributed by atoms with van der Waals surface area (Å²) in [5, 5.41) is 44.6. The maximum Gasteiger partial charge on any atom is 0.278 e. The molecule has 0 fully saturated rings. The summed E-state index contributed by atoms with van der Waals surface area (Å²) in [6, 6.07) is 14.9. The number of halogens is 17. The Morgan fingerprint density at radius 2 is 0.566 bits per heavy atom. The molecule has 16 heterocycles. The highest BCUT2D eigenvalue weighted by Gasteiger charge is 2.31. The molecule has 0 radical (unpaired) electrons. The van der Waals surface area contributed by atoms with Gasteiger partial charge in [-0.3, -0.25) is 62.5 Å². The normalized spacial score (nSPS) is 11.6. The number of ether oxygens (including phenoxy) is 4. The van der Waals surface area contributed by atoms with Gasteiger partial charge in [0.25, 0.3) is 22.2 Å². The minimum absolute atomic E-state index is 0.0517. The summed E-state index contributed by atoms with van der Waals surface area (Å²) < 4.78 is 200. The monoisotopic (exact) mass is 2110 g/mol. The Hall–Kier alpha value is -14.3. The zero-order valence-corrected chi connectivity index (χ0v) is 83.3. The van der Waals surface area contributed by atoms with E-state index in [1.807, 2.05) is 0 Å². The van der Waals surface area contributed by atoms with Crippen LogP contribution in [0.25, 0.3) is 40.2 Å². The standard InChI is InChI=1S/3C25H22ClF3N4O3.C18H12Cl2F3N3O2.C6H10N2O/c3*1-13-9-31-23(32-6-5-15(11-32)25(3,4)35)21(29)22(13)33-14(2)7-19(20(26)24(33)34)36-12-18-17(28)8-16(27)10-30-18;1-8-5-25-17(20)15(23)16(8)26-9(2)3-13(14(19)18(26)27)28-7-12-11(22)4-10(21)6-24-12;1-6(2,9)5-3-4-7-8-5/h3*5-11,35H,12H2,1-4H3;3-6H,7H2,1-2H3;3-4,9H,1-2H3,(H,7,8). The number of aromatic amines is 1. The van der Waals surface area contributed by atoms with Crippen LogP contribution in [0.4, 0.5) is 52.7 Å². The molecule has 16 rings (SSSR count). The second-order valence-electron chi connectivity index (χ2n) is 34.7. The van der Waals surface area contributed by atoms with E-state index in [9.17, 15) is 79.1 Å². The Labute approximate surface area is 842 Å². The highest BCUT2D eigenvalue weighted by molar-refractivity contribution is 6.33. The number of nitrogens with zero attached hydrogens (tertiary/aromatic N) is 16. The molecule has 0 aliphatic rings. The molecule has 0 atom stereocenters. The van der Waals surface area contributed by atoms with E-state index >= 15 is 13.2 Å². The van der Waals surface area contributed by atoms with Crippen LogP contribution in [0, 0.1) is 125 Å². The summed E-state index contributed by atoms with van der Waals surface area (Å²) in [5.74, 6) is -10.6. The summed E-state index contributed by atoms with van der Waals surface area (Å²) in [6.07, 6.45) is 19.9. The maximum atomic E-state index is 15.8. The van der Waals surface area contributed by atoms with Crippen LogP contribution in [0.15, 0.2) is 185 Å². The van der Waals surface area contributed by atoms with E-state index in [-0.39, 0.29) is 135 Å². The molecule has 0 saturated heterocycles. The van der Waals surface area contributed by atoms with E-state index < -0.39 is 134 Å². The second kappa shape index (κ2) is 44.5. The number of aryl methyl sites for hydroxylation is 8. The Morgan fingerprint density at radius 3 is 0.772 bits per heavy atom. The van der Waals surface area contributed by atoms with Gasteiger partial charge < -0.3 is 53.1 Å². The third-order valence-corrected chi connectivity index (χ3v) is 23.4. The smallest absolute Gasteiger partial charge is 0.278 e. The molecule has 0 aliphatic carbocycles. The molecule has 0 amide bonds. The Balaban J connectivity index is 0.000000168. The fourth-order valence-electron chi connectivity index (χ4n) is 14.1. The number of rotatable bonds is 23. The van der Waals surface area contributed by atoms with Crippen LogP contribution in [0.5, 0.6) is 23.0 Å². The van der Waals surface area contributed by atoms with Gasteiger partial charge in [0.1, 0.15) is 121 Å². The van der Waals surface area contributed by atoms with Gasteiger partial charge >= 0.3 is 0 Å². The van der Waals surface area contributed by atoms with E-state index in [4.69, 9.17) is 77.0 Å². The van der Waals surface area contributed by atoms with E-state index in [1.54, 1.807) is 171 Å². The fraction of sp³-hybridized carbons (Fsp3) is 0.242. The number of aromatic nitrogens is 17. The van der Waals surface area contributed by atoms with Gasteiger partial charge in [-0.1, -0.05) is 58.0 Å². The van der Waals surface area contributed by atoms with Crippen molar-refractivity contribution in [2.75, 3.05) is 0 Å². The van der Waals surface area contributed by atoms with Crippen LogP contribution in [-0.2, 0) is 48.8 Å². The zero-order chi connectivity index (χ0) is 107. The summed E-state index contributed by atoms with van der Waals surface area (Å²) in [4.78, 5) is 83.0. The summed E-state index contributed by atoms with van der Waals surface area (Å²) in [6.45, 7) is 24.0. The Morgan fingerprint density at radius 1 is 0.324 bits per heavy atom. The van der Waals surface area contributed by atoms with Gasteiger partial charge in [-0.05, 0) is 157 Å². The van der Waals surface area contributed by atoms with Gasteiger partial charge in [0.15, 0.2) is 69.1 Å². The van der Waals surface area contributed by atoms with Crippen LogP contribution in [0.1, 0.15) is 146 Å². The average molecular weight is 2110 g/mol. The van der Waals surface area contributed by atoms with Crippen LogP contribution in [-0.4, -0.2) is 102 Å². The quantitative estimate of drug-likeness (QED) is 0.0293. The number of hydrogen-bond donors (Lipinski definition) is 5. The van der Waals surface area contributed by atoms with Crippen molar-refractivity contribution in [3.63, 3.8) is 0 Å². The number of H-pyrrole nitrogens is 1. The molecule has 5 N–H and O–H groups in total. The van der Waals surface area contributed by atoms with Gasteiger partial charge in [0.2, 0.25) is 0 Å². The summed E-state index contributed by atoms with van der Waals surface area (Å²) in [5.41, 5.74) is -3.15. The lowest BCUT2D eigenvalue weighted by atomic mass is 10.0. The SMILES string of the molecule is CC(C)(O)c1ccn[nH]1.Cc1cnc(-n2ccc(C(C)(C)O)c2)c(F)c1-n1c(C)cc(OCc2ncc(F)cc2F)c(Cl)c1=O.Cc1cnc(-n2ccc(C(C)(C)O)c2)c(F)c1-n1c(C)cc(OCc2ncc(F)cc2F)c(Cl)c1=O.Cc1cnc(-n2ccc(C(C)(C)O)c2)c(F)c1-n1c(C)cc(OCc2ncc(F)cc2F)c(Cl)c1=O.Cc1cnc(Cl)c(F)c1-n1c(C)cc(OCc2ncc(F)cc2F)c(Cl)c1=O. The second-order valence-corrected chi connectivity index (χ2v) is 36.6. The lowest BCUT2D eigenvalue weighted by Crippen LogP contribution is -2.24. The molecule has 16 aromatic heterocycles. The van der Waals surface area contributed by atoms with Gasteiger partial charge in [-0.2, -0.15) is 5.10 Å². The van der Waals surface area contributed by atoms with Crippen LogP contribution in [0.3, 0.4) is 0 Å². The van der Waals surface area contributed by atoms with Gasteiger partial charge in [-0.25, -0.2) is 72.6 Å². The van der Waals surface area contributed by atoms with Crippen LogP contribution in [0.2, 0.25) is 25.2 Å². The summed E-state index contributed by atoms with van der Waals surface area (Å²) >= 11 is 30.6. The Kier molecular flexibility index (Phi) is 33.6. The van der Waals surface area contributed by atoms with Gasteiger partial charge in [0.05, 0.1) is 70.0 Å². The lowest BCUT2D eigenvalue weighted by molar-refractivity contribution is 0.0736. The maximum absolute atomic E-state index is 15.8. The Bertz CT molecular complexity index is 7330. The molecule has 145 heavy (non-hydrogen) atoms. The van der Waals surface area contributed by atoms with Crippen molar-refractivity contribution in [3.8, 4) is 63.2 Å². The topological polar surface area (TPSA) is 352 Å². The largest absolute Gasteiger partial charge is 0.485 e. The van der Waals surface area contributed by atoms with E-state index in [0.29, 0.717) is 68.9 Å². The van der Waals surface area contributed by atoms with Crippen molar-refractivity contribution in [1.82, 2.24) is 82.0 Å². The summed E-state index contributed by atoms with van der Waals surface area (Å²) in [7, 11) is 0. The van der Waals surface area contributed by atoms with Crippen molar-refractivity contribution >= 4 is 58.0 Å². The molecule has 0 spiro atoms. The number of aliphatic hydroxyl groups is 4. The van der Waals surface area contributed by atoms with Crippen molar-refractivity contribution in [2.45, 2.75) is 160 Å². The first-order valence-corrected chi connectivity index (χ1v) is 45.0. The third-order valence-electron chi connectivity index (χ3n) is 21.8.